The van der Waals surface area contributed by atoms with E-state index in [0.717, 1.165) is 18.4 Å². The SMILES string of the molecule is CSB(C)C1CCNCC1c1ccccc1. The Hall–Kier alpha value is -0.405. The Bertz CT molecular complexity index is 317. The van der Waals surface area contributed by atoms with Crippen LogP contribution in [0.15, 0.2) is 30.3 Å². The van der Waals surface area contributed by atoms with Gasteiger partial charge < -0.3 is 5.32 Å². The van der Waals surface area contributed by atoms with E-state index < -0.39 is 0 Å². The Morgan fingerprint density at radius 2 is 2.06 bits per heavy atom. The van der Waals surface area contributed by atoms with E-state index in [2.05, 4.69) is 48.7 Å². The van der Waals surface area contributed by atoms with Gasteiger partial charge in [0.15, 0.2) is 0 Å². The van der Waals surface area contributed by atoms with Gasteiger partial charge in [-0.1, -0.05) is 37.2 Å². The molecule has 0 aromatic heterocycles. The highest BCUT2D eigenvalue weighted by atomic mass is 32.2. The molecule has 2 rings (SSSR count). The summed E-state index contributed by atoms with van der Waals surface area (Å²) in [4.78, 5) is 0. The molecule has 1 aromatic rings. The second kappa shape index (κ2) is 5.78. The molecule has 1 fully saturated rings. The van der Waals surface area contributed by atoms with Crippen LogP contribution >= 0.6 is 11.6 Å². The molecule has 1 aliphatic rings. The number of rotatable bonds is 3. The first-order chi connectivity index (χ1) is 7.83. The summed E-state index contributed by atoms with van der Waals surface area (Å²) >= 11 is 2.00. The largest absolute Gasteiger partial charge is 0.316 e. The molecule has 16 heavy (non-hydrogen) atoms. The van der Waals surface area contributed by atoms with Crippen molar-refractivity contribution in [2.24, 2.45) is 0 Å². The molecule has 1 heterocycles. The average Bonchev–Trinajstić information content (AvgIpc) is 2.39. The second-order valence-corrected chi connectivity index (χ2v) is 5.83. The third kappa shape index (κ3) is 2.64. The maximum absolute atomic E-state index is 3.53. The zero-order chi connectivity index (χ0) is 11.4. The fourth-order valence-electron chi connectivity index (χ4n) is 2.68. The molecule has 0 radical (unpaired) electrons. The summed E-state index contributed by atoms with van der Waals surface area (Å²) in [6.07, 6.45) is 3.54. The van der Waals surface area contributed by atoms with Crippen LogP contribution in [0.2, 0.25) is 12.6 Å². The minimum atomic E-state index is 0.692. The molecule has 2 unspecified atom stereocenters. The van der Waals surface area contributed by atoms with Crippen molar-refractivity contribution in [1.29, 1.82) is 0 Å². The van der Waals surface area contributed by atoms with Crippen LogP contribution in [0.1, 0.15) is 17.9 Å². The minimum absolute atomic E-state index is 0.692. The second-order valence-electron chi connectivity index (χ2n) is 4.61. The molecular weight excluding hydrogens is 213 g/mol. The van der Waals surface area contributed by atoms with Gasteiger partial charge in [0.2, 0.25) is 5.99 Å². The van der Waals surface area contributed by atoms with Gasteiger partial charge in [0.1, 0.15) is 0 Å². The third-order valence-electron chi connectivity index (χ3n) is 3.74. The Morgan fingerprint density at radius 1 is 1.31 bits per heavy atom. The lowest BCUT2D eigenvalue weighted by molar-refractivity contribution is 0.458. The van der Waals surface area contributed by atoms with Crippen molar-refractivity contribution in [3.8, 4) is 0 Å². The topological polar surface area (TPSA) is 12.0 Å². The van der Waals surface area contributed by atoms with Crippen LogP contribution in [-0.2, 0) is 0 Å². The molecule has 0 spiro atoms. The lowest BCUT2D eigenvalue weighted by atomic mass is 9.55. The fourth-order valence-corrected chi connectivity index (χ4v) is 3.36. The van der Waals surface area contributed by atoms with E-state index >= 15 is 0 Å². The monoisotopic (exact) mass is 233 g/mol. The summed E-state index contributed by atoms with van der Waals surface area (Å²) in [5.41, 5.74) is 1.50. The van der Waals surface area contributed by atoms with Crippen molar-refractivity contribution in [2.75, 3.05) is 19.3 Å². The molecule has 1 nitrogen and oxygen atoms in total. The van der Waals surface area contributed by atoms with Crippen LogP contribution in [0.4, 0.5) is 0 Å². The fraction of sp³-hybridized carbons (Fsp3) is 0.538. The standard InChI is InChI=1S/C13H20BNS/c1-14(16-2)13-8-9-15-10-12(13)11-6-4-3-5-7-11/h3-7,12-13,15H,8-10H2,1-2H3. The van der Waals surface area contributed by atoms with E-state index in [9.17, 15) is 0 Å². The van der Waals surface area contributed by atoms with Gasteiger partial charge in [-0.15, -0.1) is 0 Å². The molecule has 1 aliphatic heterocycles. The Kier molecular flexibility index (Phi) is 4.36. The van der Waals surface area contributed by atoms with Crippen LogP contribution in [0.3, 0.4) is 0 Å². The molecule has 1 N–H and O–H groups in total. The van der Waals surface area contributed by atoms with Crippen molar-refractivity contribution in [3.63, 3.8) is 0 Å². The minimum Gasteiger partial charge on any atom is -0.316 e. The Labute approximate surface area is 103 Å². The molecule has 0 aliphatic carbocycles. The van der Waals surface area contributed by atoms with Crippen LogP contribution < -0.4 is 5.32 Å². The lowest BCUT2D eigenvalue weighted by Crippen LogP contribution is -2.36. The van der Waals surface area contributed by atoms with E-state index in [1.807, 2.05) is 11.6 Å². The summed E-state index contributed by atoms with van der Waals surface area (Å²) in [7, 11) is 0. The smallest absolute Gasteiger partial charge is 0.209 e. The molecule has 0 saturated carbocycles. The third-order valence-corrected chi connectivity index (χ3v) is 4.83. The zero-order valence-corrected chi connectivity index (χ0v) is 11.0. The lowest BCUT2D eigenvalue weighted by Gasteiger charge is -2.34. The summed E-state index contributed by atoms with van der Waals surface area (Å²) in [6, 6.07) is 11.0. The van der Waals surface area contributed by atoms with Crippen molar-refractivity contribution < 1.29 is 0 Å². The van der Waals surface area contributed by atoms with E-state index in [1.165, 1.54) is 18.5 Å². The van der Waals surface area contributed by atoms with Gasteiger partial charge >= 0.3 is 0 Å². The quantitative estimate of drug-likeness (QED) is 0.805. The summed E-state index contributed by atoms with van der Waals surface area (Å²) in [5.74, 6) is 2.27. The number of benzene rings is 1. The predicted octanol–water partition coefficient (Wildman–Crippen LogP) is 3.12. The first-order valence-corrected chi connectivity index (χ1v) is 7.40. The number of hydrogen-bond donors (Lipinski definition) is 1. The Morgan fingerprint density at radius 3 is 2.75 bits per heavy atom. The molecular formula is C13H20BNS. The van der Waals surface area contributed by atoms with E-state index in [4.69, 9.17) is 0 Å². The Balaban J connectivity index is 2.16. The maximum Gasteiger partial charge on any atom is 0.209 e. The molecule has 1 saturated heterocycles. The number of hydrogen-bond acceptors (Lipinski definition) is 2. The van der Waals surface area contributed by atoms with Gasteiger partial charge in [0, 0.05) is 6.54 Å². The molecule has 3 heteroatoms. The number of piperidine rings is 1. The summed E-state index contributed by atoms with van der Waals surface area (Å²) < 4.78 is 0. The highest BCUT2D eigenvalue weighted by Gasteiger charge is 2.31. The van der Waals surface area contributed by atoms with Gasteiger partial charge in [0.05, 0.1) is 0 Å². The van der Waals surface area contributed by atoms with Crippen LogP contribution in [0, 0.1) is 0 Å². The van der Waals surface area contributed by atoms with E-state index in [1.54, 1.807) is 0 Å². The van der Waals surface area contributed by atoms with Crippen LogP contribution in [0.5, 0.6) is 0 Å². The van der Waals surface area contributed by atoms with Gasteiger partial charge in [-0.2, -0.15) is 0 Å². The van der Waals surface area contributed by atoms with Gasteiger partial charge in [-0.25, -0.2) is 11.6 Å². The predicted molar refractivity (Wildman–Crippen MR) is 75.6 cm³/mol. The van der Waals surface area contributed by atoms with Crippen molar-refractivity contribution in [1.82, 2.24) is 5.32 Å². The highest BCUT2D eigenvalue weighted by molar-refractivity contribution is 8.25. The van der Waals surface area contributed by atoms with Gasteiger partial charge in [0.25, 0.3) is 0 Å². The average molecular weight is 233 g/mol. The van der Waals surface area contributed by atoms with E-state index in [-0.39, 0.29) is 0 Å². The first kappa shape index (κ1) is 12.1. The summed E-state index contributed by atoms with van der Waals surface area (Å²) in [5, 5.41) is 3.53. The molecule has 0 bridgehead atoms. The normalized spacial score (nSPS) is 25.4. The molecule has 2 atom stereocenters. The first-order valence-electron chi connectivity index (χ1n) is 6.11. The van der Waals surface area contributed by atoms with E-state index in [0.29, 0.717) is 5.92 Å². The highest BCUT2D eigenvalue weighted by Crippen LogP contribution is 2.38. The molecule has 1 aromatic carbocycles. The van der Waals surface area contributed by atoms with Crippen LogP contribution in [0.25, 0.3) is 0 Å². The number of nitrogens with one attached hydrogen (secondary N) is 1. The van der Waals surface area contributed by atoms with Crippen molar-refractivity contribution >= 4 is 17.6 Å². The summed E-state index contributed by atoms with van der Waals surface area (Å²) in [6.45, 7) is 4.69. The van der Waals surface area contributed by atoms with Gasteiger partial charge in [-0.05, 0) is 36.5 Å². The molecule has 0 amide bonds. The van der Waals surface area contributed by atoms with Crippen LogP contribution in [-0.4, -0.2) is 25.3 Å². The van der Waals surface area contributed by atoms with Crippen molar-refractivity contribution in [3.05, 3.63) is 35.9 Å². The van der Waals surface area contributed by atoms with Crippen molar-refractivity contribution in [2.45, 2.75) is 25.0 Å². The maximum atomic E-state index is 3.53. The van der Waals surface area contributed by atoms with Gasteiger partial charge in [-0.3, -0.25) is 0 Å². The zero-order valence-electron chi connectivity index (χ0n) is 10.1. The molecule has 86 valence electrons.